The normalized spacial score (nSPS) is 29.6. The van der Waals surface area contributed by atoms with Crippen LogP contribution >= 0.6 is 0 Å². The van der Waals surface area contributed by atoms with Crippen molar-refractivity contribution in [2.24, 2.45) is 17.8 Å². The summed E-state index contributed by atoms with van der Waals surface area (Å²) in [6.45, 7) is 4.14. The van der Waals surface area contributed by atoms with Gasteiger partial charge in [0.1, 0.15) is 0 Å². The van der Waals surface area contributed by atoms with Crippen LogP contribution in [0.1, 0.15) is 36.8 Å². The first-order valence-electron chi connectivity index (χ1n) is 7.01. The van der Waals surface area contributed by atoms with E-state index in [0.717, 1.165) is 18.0 Å². The molecule has 1 N–H and O–H groups in total. The van der Waals surface area contributed by atoms with E-state index in [1.54, 1.807) is 0 Å². The summed E-state index contributed by atoms with van der Waals surface area (Å²) in [4.78, 5) is 12.3. The highest BCUT2D eigenvalue weighted by atomic mass is 16.1. The van der Waals surface area contributed by atoms with Crippen molar-refractivity contribution in [3.8, 4) is 0 Å². The number of fused-ring (bicyclic) bond motifs is 2. The number of amides is 1. The van der Waals surface area contributed by atoms with Crippen molar-refractivity contribution >= 4 is 11.6 Å². The molecular weight excluding hydrogens is 222 g/mol. The number of hydrogen-bond acceptors (Lipinski definition) is 1. The van der Waals surface area contributed by atoms with Crippen LogP contribution in [0.4, 0.5) is 5.69 Å². The first kappa shape index (κ1) is 11.8. The molecule has 96 valence electrons. The number of nitrogens with one attached hydrogen (secondary N) is 1. The molecule has 2 saturated carbocycles. The van der Waals surface area contributed by atoms with Crippen molar-refractivity contribution in [2.45, 2.75) is 39.5 Å². The van der Waals surface area contributed by atoms with Crippen LogP contribution in [0, 0.1) is 31.6 Å². The highest BCUT2D eigenvalue weighted by Gasteiger charge is 2.42. The third-order valence-electron chi connectivity index (χ3n) is 4.56. The van der Waals surface area contributed by atoms with Crippen molar-refractivity contribution in [3.63, 3.8) is 0 Å². The first-order valence-corrected chi connectivity index (χ1v) is 7.01. The Balaban J connectivity index is 1.70. The zero-order valence-electron chi connectivity index (χ0n) is 11.2. The number of benzene rings is 1. The number of anilines is 1. The maximum Gasteiger partial charge on any atom is 0.227 e. The van der Waals surface area contributed by atoms with E-state index in [9.17, 15) is 4.79 Å². The Bertz CT molecular complexity index is 460. The van der Waals surface area contributed by atoms with Crippen LogP contribution in [-0.4, -0.2) is 5.91 Å². The van der Waals surface area contributed by atoms with Crippen molar-refractivity contribution in [1.29, 1.82) is 0 Å². The molecule has 2 heteroatoms. The lowest BCUT2D eigenvalue weighted by Gasteiger charge is -2.21. The second kappa shape index (κ2) is 4.42. The van der Waals surface area contributed by atoms with Crippen molar-refractivity contribution < 1.29 is 4.79 Å². The Labute approximate surface area is 109 Å². The zero-order chi connectivity index (χ0) is 12.7. The lowest BCUT2D eigenvalue weighted by molar-refractivity contribution is -0.121. The van der Waals surface area contributed by atoms with Gasteiger partial charge in [0.15, 0.2) is 0 Å². The van der Waals surface area contributed by atoms with Crippen LogP contribution in [-0.2, 0) is 4.79 Å². The minimum Gasteiger partial charge on any atom is -0.326 e. The number of carbonyl (C=O) groups excluding carboxylic acids is 1. The van der Waals surface area contributed by atoms with Gasteiger partial charge in [0, 0.05) is 11.6 Å². The summed E-state index contributed by atoms with van der Waals surface area (Å²) >= 11 is 0. The van der Waals surface area contributed by atoms with Gasteiger partial charge in [-0.15, -0.1) is 0 Å². The SMILES string of the molecule is Cc1cc(C)cc(NC(=O)[C@H]2C[C@@H]3CC[C@@H]2C3)c1. The largest absolute Gasteiger partial charge is 0.326 e. The molecule has 0 radical (unpaired) electrons. The van der Waals surface area contributed by atoms with Gasteiger partial charge >= 0.3 is 0 Å². The minimum absolute atomic E-state index is 0.243. The molecule has 2 nitrogen and oxygen atoms in total. The molecule has 1 amide bonds. The molecule has 0 aliphatic heterocycles. The van der Waals surface area contributed by atoms with E-state index in [1.165, 1.54) is 30.4 Å². The van der Waals surface area contributed by atoms with E-state index in [2.05, 4.69) is 37.4 Å². The van der Waals surface area contributed by atoms with Gasteiger partial charge in [0.2, 0.25) is 5.91 Å². The monoisotopic (exact) mass is 243 g/mol. The van der Waals surface area contributed by atoms with Gasteiger partial charge in [-0.3, -0.25) is 4.79 Å². The average molecular weight is 243 g/mol. The fourth-order valence-electron chi connectivity index (χ4n) is 3.85. The van der Waals surface area contributed by atoms with E-state index in [1.807, 2.05) is 0 Å². The molecule has 2 fully saturated rings. The molecule has 1 aromatic rings. The number of hydrogen-bond donors (Lipinski definition) is 1. The molecule has 3 rings (SSSR count). The average Bonchev–Trinajstić information content (AvgIpc) is 2.88. The van der Waals surface area contributed by atoms with Gasteiger partial charge in [-0.2, -0.15) is 0 Å². The van der Waals surface area contributed by atoms with Gasteiger partial charge in [0.05, 0.1) is 0 Å². The van der Waals surface area contributed by atoms with E-state index in [4.69, 9.17) is 0 Å². The Morgan fingerprint density at radius 2 is 1.83 bits per heavy atom. The molecular formula is C16H21NO. The van der Waals surface area contributed by atoms with Crippen LogP contribution in [0.2, 0.25) is 0 Å². The summed E-state index contributed by atoms with van der Waals surface area (Å²) in [7, 11) is 0. The third kappa shape index (κ3) is 2.16. The first-order chi connectivity index (χ1) is 8.61. The Kier molecular flexibility index (Phi) is 2.89. The smallest absolute Gasteiger partial charge is 0.227 e. The zero-order valence-corrected chi connectivity index (χ0v) is 11.2. The van der Waals surface area contributed by atoms with E-state index < -0.39 is 0 Å². The molecule has 0 spiro atoms. The quantitative estimate of drug-likeness (QED) is 0.843. The third-order valence-corrected chi connectivity index (χ3v) is 4.56. The second-order valence-electron chi connectivity index (χ2n) is 6.15. The topological polar surface area (TPSA) is 29.1 Å². The van der Waals surface area contributed by atoms with Crippen molar-refractivity contribution in [1.82, 2.24) is 0 Å². The molecule has 0 unspecified atom stereocenters. The van der Waals surface area contributed by atoms with Gasteiger partial charge in [0.25, 0.3) is 0 Å². The number of rotatable bonds is 2. The molecule has 2 aliphatic rings. The highest BCUT2D eigenvalue weighted by Crippen LogP contribution is 2.48. The van der Waals surface area contributed by atoms with Gasteiger partial charge < -0.3 is 5.32 Å². The van der Waals surface area contributed by atoms with Crippen LogP contribution < -0.4 is 5.32 Å². The van der Waals surface area contributed by atoms with Crippen molar-refractivity contribution in [3.05, 3.63) is 29.3 Å². The van der Waals surface area contributed by atoms with E-state index in [-0.39, 0.29) is 11.8 Å². The highest BCUT2D eigenvalue weighted by molar-refractivity contribution is 5.93. The van der Waals surface area contributed by atoms with E-state index >= 15 is 0 Å². The van der Waals surface area contributed by atoms with Gasteiger partial charge in [-0.1, -0.05) is 12.5 Å². The molecule has 18 heavy (non-hydrogen) atoms. The number of aryl methyl sites for hydroxylation is 2. The Hall–Kier alpha value is -1.31. The predicted octanol–water partition coefficient (Wildman–Crippen LogP) is 3.68. The lowest BCUT2D eigenvalue weighted by atomic mass is 9.88. The fraction of sp³-hybridized carbons (Fsp3) is 0.562. The molecule has 2 aliphatic carbocycles. The fourth-order valence-corrected chi connectivity index (χ4v) is 3.85. The molecule has 0 saturated heterocycles. The molecule has 3 atom stereocenters. The second-order valence-corrected chi connectivity index (χ2v) is 6.15. The van der Waals surface area contributed by atoms with Crippen LogP contribution in [0.3, 0.4) is 0 Å². The van der Waals surface area contributed by atoms with Crippen LogP contribution in [0.25, 0.3) is 0 Å². The minimum atomic E-state index is 0.243. The summed E-state index contributed by atoms with van der Waals surface area (Å²) < 4.78 is 0. The molecule has 0 aromatic heterocycles. The lowest BCUT2D eigenvalue weighted by Crippen LogP contribution is -2.27. The van der Waals surface area contributed by atoms with Gasteiger partial charge in [-0.25, -0.2) is 0 Å². The Morgan fingerprint density at radius 1 is 1.11 bits per heavy atom. The van der Waals surface area contributed by atoms with Crippen molar-refractivity contribution in [2.75, 3.05) is 5.32 Å². The standard InChI is InChI=1S/C16H21NO/c1-10-5-11(2)7-14(6-10)17-16(18)15-9-12-3-4-13(15)8-12/h5-7,12-13,15H,3-4,8-9H2,1-2H3,(H,17,18)/t12-,13-,15+/m1/s1. The number of carbonyl (C=O) groups is 1. The van der Waals surface area contributed by atoms with E-state index in [0.29, 0.717) is 5.92 Å². The predicted molar refractivity (Wildman–Crippen MR) is 73.5 cm³/mol. The molecule has 0 heterocycles. The molecule has 2 bridgehead atoms. The summed E-state index contributed by atoms with van der Waals surface area (Å²) in [6.07, 6.45) is 5.00. The Morgan fingerprint density at radius 3 is 2.39 bits per heavy atom. The summed E-state index contributed by atoms with van der Waals surface area (Å²) in [5.74, 6) is 1.99. The van der Waals surface area contributed by atoms with Gasteiger partial charge in [-0.05, 0) is 68.2 Å². The summed E-state index contributed by atoms with van der Waals surface area (Å²) in [6, 6.07) is 6.24. The maximum absolute atomic E-state index is 12.3. The maximum atomic E-state index is 12.3. The summed E-state index contributed by atoms with van der Waals surface area (Å²) in [5.41, 5.74) is 3.37. The van der Waals surface area contributed by atoms with Crippen LogP contribution in [0.5, 0.6) is 0 Å². The van der Waals surface area contributed by atoms with Crippen LogP contribution in [0.15, 0.2) is 18.2 Å². The molecule has 1 aromatic carbocycles. The summed E-state index contributed by atoms with van der Waals surface area (Å²) in [5, 5.41) is 3.11.